The smallest absolute Gasteiger partial charge is 0.320 e. The summed E-state index contributed by atoms with van der Waals surface area (Å²) in [6.45, 7) is 4.86. The number of amides is 2. The van der Waals surface area contributed by atoms with Crippen LogP contribution in [0.3, 0.4) is 0 Å². The molecular weight excluding hydrogens is 214 g/mol. The summed E-state index contributed by atoms with van der Waals surface area (Å²) in [5, 5.41) is 5.53. The van der Waals surface area contributed by atoms with Gasteiger partial charge in [-0.3, -0.25) is 5.32 Å². The molecule has 94 valence electrons. The molecule has 4 heteroatoms. The molecule has 0 radical (unpaired) electrons. The molecule has 0 aliphatic carbocycles. The van der Waals surface area contributed by atoms with E-state index in [0.29, 0.717) is 5.82 Å². The van der Waals surface area contributed by atoms with Gasteiger partial charge in [0, 0.05) is 12.7 Å². The zero-order valence-electron chi connectivity index (χ0n) is 10.6. The summed E-state index contributed by atoms with van der Waals surface area (Å²) >= 11 is 0. The highest BCUT2D eigenvalue weighted by atomic mass is 16.2. The number of carbonyl (C=O) groups is 1. The van der Waals surface area contributed by atoms with Crippen molar-refractivity contribution in [3.8, 4) is 0 Å². The molecule has 0 fully saturated rings. The Hall–Kier alpha value is -1.58. The number of hydrogen-bond acceptors (Lipinski definition) is 2. The van der Waals surface area contributed by atoms with Gasteiger partial charge in [0.25, 0.3) is 0 Å². The van der Waals surface area contributed by atoms with Crippen LogP contribution in [0.1, 0.15) is 38.2 Å². The third-order valence-electron chi connectivity index (χ3n) is 2.47. The van der Waals surface area contributed by atoms with Gasteiger partial charge in [0.2, 0.25) is 0 Å². The maximum absolute atomic E-state index is 11.5. The van der Waals surface area contributed by atoms with Crippen LogP contribution >= 0.6 is 0 Å². The van der Waals surface area contributed by atoms with E-state index in [9.17, 15) is 4.79 Å². The normalized spacial score (nSPS) is 10.0. The van der Waals surface area contributed by atoms with Crippen molar-refractivity contribution in [2.75, 3.05) is 11.9 Å². The van der Waals surface area contributed by atoms with Crippen molar-refractivity contribution < 1.29 is 4.79 Å². The maximum atomic E-state index is 11.5. The molecule has 1 aromatic rings. The van der Waals surface area contributed by atoms with Gasteiger partial charge in [-0.05, 0) is 31.0 Å². The molecule has 0 saturated carbocycles. The highest BCUT2D eigenvalue weighted by molar-refractivity contribution is 5.88. The van der Waals surface area contributed by atoms with Gasteiger partial charge in [0.05, 0.1) is 0 Å². The van der Waals surface area contributed by atoms with Crippen LogP contribution in [0.2, 0.25) is 0 Å². The molecule has 1 heterocycles. The highest BCUT2D eigenvalue weighted by Crippen LogP contribution is 2.04. The largest absolute Gasteiger partial charge is 0.338 e. The van der Waals surface area contributed by atoms with E-state index in [0.717, 1.165) is 18.5 Å². The Bertz CT molecular complexity index is 352. The standard InChI is InChI=1S/C13H21N3O/c1-3-4-5-6-8-15-13(17)16-12-10-11(2)7-9-14-12/h7,9-10H,3-6,8H2,1-2H3,(H2,14,15,16,17). The lowest BCUT2D eigenvalue weighted by Gasteiger charge is -2.07. The topological polar surface area (TPSA) is 54.0 Å². The van der Waals surface area contributed by atoms with Crippen molar-refractivity contribution in [1.82, 2.24) is 10.3 Å². The Kier molecular flexibility index (Phi) is 6.07. The van der Waals surface area contributed by atoms with Crippen LogP contribution in [0.25, 0.3) is 0 Å². The minimum atomic E-state index is -0.181. The molecule has 0 aliphatic heterocycles. The molecule has 0 aromatic carbocycles. The third-order valence-corrected chi connectivity index (χ3v) is 2.47. The van der Waals surface area contributed by atoms with Crippen LogP contribution in [0.5, 0.6) is 0 Å². The summed E-state index contributed by atoms with van der Waals surface area (Å²) in [6, 6.07) is 3.56. The average Bonchev–Trinajstić information content (AvgIpc) is 2.29. The number of anilines is 1. The fraction of sp³-hybridized carbons (Fsp3) is 0.538. The molecule has 2 amide bonds. The van der Waals surface area contributed by atoms with Crippen LogP contribution in [-0.2, 0) is 0 Å². The molecule has 0 spiro atoms. The van der Waals surface area contributed by atoms with Crippen molar-refractivity contribution in [2.24, 2.45) is 0 Å². The Labute approximate surface area is 103 Å². The predicted molar refractivity (Wildman–Crippen MR) is 70.1 cm³/mol. The number of nitrogens with one attached hydrogen (secondary N) is 2. The zero-order chi connectivity index (χ0) is 12.5. The number of rotatable bonds is 6. The fourth-order valence-corrected chi connectivity index (χ4v) is 1.52. The second-order valence-corrected chi connectivity index (χ2v) is 4.16. The summed E-state index contributed by atoms with van der Waals surface area (Å²) < 4.78 is 0. The van der Waals surface area contributed by atoms with E-state index in [2.05, 4.69) is 22.5 Å². The molecule has 0 bridgehead atoms. The third kappa shape index (κ3) is 5.90. The monoisotopic (exact) mass is 235 g/mol. The molecular formula is C13H21N3O. The Balaban J connectivity index is 2.21. The van der Waals surface area contributed by atoms with Crippen LogP contribution in [0.4, 0.5) is 10.6 Å². The maximum Gasteiger partial charge on any atom is 0.320 e. The van der Waals surface area contributed by atoms with Gasteiger partial charge in [-0.1, -0.05) is 26.2 Å². The van der Waals surface area contributed by atoms with Gasteiger partial charge in [-0.15, -0.1) is 0 Å². The van der Waals surface area contributed by atoms with Gasteiger partial charge < -0.3 is 5.32 Å². The van der Waals surface area contributed by atoms with E-state index in [-0.39, 0.29) is 6.03 Å². The van der Waals surface area contributed by atoms with Crippen LogP contribution in [0, 0.1) is 6.92 Å². The summed E-state index contributed by atoms with van der Waals surface area (Å²) in [7, 11) is 0. The summed E-state index contributed by atoms with van der Waals surface area (Å²) in [5.74, 6) is 0.594. The molecule has 17 heavy (non-hydrogen) atoms. The van der Waals surface area contributed by atoms with Crippen molar-refractivity contribution in [3.05, 3.63) is 23.9 Å². The SMILES string of the molecule is CCCCCCNC(=O)Nc1cc(C)ccn1. The second kappa shape index (κ2) is 7.65. The van der Waals surface area contributed by atoms with E-state index < -0.39 is 0 Å². The molecule has 0 unspecified atom stereocenters. The number of pyridine rings is 1. The number of unbranched alkanes of at least 4 members (excludes halogenated alkanes) is 3. The van der Waals surface area contributed by atoms with E-state index in [1.165, 1.54) is 19.3 Å². The first-order valence-corrected chi connectivity index (χ1v) is 6.20. The first-order chi connectivity index (χ1) is 8.22. The average molecular weight is 235 g/mol. The van der Waals surface area contributed by atoms with Gasteiger partial charge >= 0.3 is 6.03 Å². The lowest BCUT2D eigenvalue weighted by molar-refractivity contribution is 0.252. The van der Waals surface area contributed by atoms with Crippen molar-refractivity contribution in [2.45, 2.75) is 39.5 Å². The van der Waals surface area contributed by atoms with E-state index in [1.54, 1.807) is 6.20 Å². The number of aryl methyl sites for hydroxylation is 1. The summed E-state index contributed by atoms with van der Waals surface area (Å²) in [5.41, 5.74) is 1.08. The fourth-order valence-electron chi connectivity index (χ4n) is 1.52. The van der Waals surface area contributed by atoms with Gasteiger partial charge in [0.1, 0.15) is 5.82 Å². The van der Waals surface area contributed by atoms with E-state index in [1.807, 2.05) is 19.1 Å². The van der Waals surface area contributed by atoms with E-state index in [4.69, 9.17) is 0 Å². The first-order valence-electron chi connectivity index (χ1n) is 6.20. The number of aromatic nitrogens is 1. The Morgan fingerprint density at radius 1 is 1.35 bits per heavy atom. The quantitative estimate of drug-likeness (QED) is 0.744. The van der Waals surface area contributed by atoms with Crippen molar-refractivity contribution in [1.29, 1.82) is 0 Å². The summed E-state index contributed by atoms with van der Waals surface area (Å²) in [4.78, 5) is 15.6. The molecule has 4 nitrogen and oxygen atoms in total. The van der Waals surface area contributed by atoms with Gasteiger partial charge in [-0.2, -0.15) is 0 Å². The number of carbonyl (C=O) groups excluding carboxylic acids is 1. The highest BCUT2D eigenvalue weighted by Gasteiger charge is 2.01. The molecule has 2 N–H and O–H groups in total. The predicted octanol–water partition coefficient (Wildman–Crippen LogP) is 3.09. The first kappa shape index (κ1) is 13.5. The van der Waals surface area contributed by atoms with Crippen molar-refractivity contribution >= 4 is 11.8 Å². The Morgan fingerprint density at radius 3 is 2.88 bits per heavy atom. The molecule has 1 aromatic heterocycles. The van der Waals surface area contributed by atoms with Gasteiger partial charge in [-0.25, -0.2) is 9.78 Å². The van der Waals surface area contributed by atoms with E-state index >= 15 is 0 Å². The van der Waals surface area contributed by atoms with Crippen molar-refractivity contribution in [3.63, 3.8) is 0 Å². The Morgan fingerprint density at radius 2 is 2.18 bits per heavy atom. The minimum Gasteiger partial charge on any atom is -0.338 e. The van der Waals surface area contributed by atoms with Crippen LogP contribution in [-0.4, -0.2) is 17.6 Å². The second-order valence-electron chi connectivity index (χ2n) is 4.16. The number of nitrogens with zero attached hydrogens (tertiary/aromatic N) is 1. The lowest BCUT2D eigenvalue weighted by atomic mass is 10.2. The molecule has 0 atom stereocenters. The summed E-state index contributed by atoms with van der Waals surface area (Å²) in [6.07, 6.45) is 6.32. The molecule has 1 rings (SSSR count). The van der Waals surface area contributed by atoms with Crippen LogP contribution in [0.15, 0.2) is 18.3 Å². The number of hydrogen-bond donors (Lipinski definition) is 2. The van der Waals surface area contributed by atoms with Gasteiger partial charge in [0.15, 0.2) is 0 Å². The molecule has 0 aliphatic rings. The lowest BCUT2D eigenvalue weighted by Crippen LogP contribution is -2.29. The minimum absolute atomic E-state index is 0.181. The zero-order valence-corrected chi connectivity index (χ0v) is 10.6. The molecule has 0 saturated heterocycles. The van der Waals surface area contributed by atoms with Crippen LogP contribution < -0.4 is 10.6 Å². The number of urea groups is 1.